The lowest BCUT2D eigenvalue weighted by Crippen LogP contribution is -2.38. The molecule has 11 nitrogen and oxygen atoms in total. The predicted octanol–water partition coefficient (Wildman–Crippen LogP) is 4.07. The second-order valence-corrected chi connectivity index (χ2v) is 11.9. The van der Waals surface area contributed by atoms with Crippen molar-refractivity contribution in [3.05, 3.63) is 55.0 Å². The minimum atomic E-state index is -3.69. The molecule has 3 N–H and O–H groups in total. The molecule has 0 amide bonds. The fourth-order valence-electron chi connectivity index (χ4n) is 5.46. The molecule has 0 saturated carbocycles. The Hall–Kier alpha value is -4.16. The van der Waals surface area contributed by atoms with Crippen LogP contribution in [0.1, 0.15) is 19.3 Å². The number of hydrogen-bond donors (Lipinski definition) is 2. The zero-order chi connectivity index (χ0) is 27.9. The molecule has 1 fully saturated rings. The molecular formula is C28H31N7O4S. The molecule has 12 heteroatoms. The molecular weight excluding hydrogens is 530 g/mol. The number of nitrogens with two attached hydrogens (primary N) is 1. The second kappa shape index (κ2) is 10.4. The van der Waals surface area contributed by atoms with Gasteiger partial charge in [-0.2, -0.15) is 9.40 Å². The molecule has 5 aromatic rings. The van der Waals surface area contributed by atoms with Gasteiger partial charge in [-0.3, -0.25) is 0 Å². The van der Waals surface area contributed by atoms with E-state index in [2.05, 4.69) is 21.0 Å². The summed E-state index contributed by atoms with van der Waals surface area (Å²) in [7, 11) is -0.698. The molecule has 1 aliphatic heterocycles. The van der Waals surface area contributed by atoms with Gasteiger partial charge >= 0.3 is 0 Å². The van der Waals surface area contributed by atoms with Crippen LogP contribution in [0.25, 0.3) is 33.2 Å². The lowest BCUT2D eigenvalue weighted by atomic mass is 9.95. The first-order chi connectivity index (χ1) is 19.4. The van der Waals surface area contributed by atoms with Gasteiger partial charge < -0.3 is 20.2 Å². The lowest BCUT2D eigenvalue weighted by molar-refractivity contribution is 0.254. The monoisotopic (exact) mass is 561 g/mol. The average molecular weight is 562 g/mol. The average Bonchev–Trinajstić information content (AvgIpc) is 3.61. The maximum Gasteiger partial charge on any atom is 0.246 e. The summed E-state index contributed by atoms with van der Waals surface area (Å²) in [6.07, 6.45) is 5.73. The van der Waals surface area contributed by atoms with E-state index in [9.17, 15) is 8.42 Å². The number of H-pyrrole nitrogens is 1. The number of methoxy groups -OCH3 is 2. The molecule has 2 aromatic carbocycles. The van der Waals surface area contributed by atoms with Crippen LogP contribution in [0.4, 0.5) is 5.82 Å². The maximum absolute atomic E-state index is 13.4. The number of nitrogens with zero attached hydrogens (tertiary/aromatic N) is 5. The van der Waals surface area contributed by atoms with Gasteiger partial charge in [-0.1, -0.05) is 6.07 Å². The van der Waals surface area contributed by atoms with Gasteiger partial charge in [0.25, 0.3) is 0 Å². The minimum Gasteiger partial charge on any atom is -0.497 e. The first-order valence-electron chi connectivity index (χ1n) is 13.2. The number of rotatable bonds is 8. The van der Waals surface area contributed by atoms with Crippen molar-refractivity contribution in [2.45, 2.75) is 30.7 Å². The van der Waals surface area contributed by atoms with Crippen molar-refractivity contribution < 1.29 is 17.9 Å². The zero-order valence-electron chi connectivity index (χ0n) is 22.4. The number of sulfonamides is 1. The van der Waals surface area contributed by atoms with Gasteiger partial charge in [-0.25, -0.2) is 23.1 Å². The van der Waals surface area contributed by atoms with Gasteiger partial charge in [0.2, 0.25) is 10.0 Å². The summed E-state index contributed by atoms with van der Waals surface area (Å²) < 4.78 is 40.8. The summed E-state index contributed by atoms with van der Waals surface area (Å²) in [5.74, 6) is 1.57. The number of anilines is 1. The third-order valence-corrected chi connectivity index (χ3v) is 9.63. The van der Waals surface area contributed by atoms with E-state index in [1.54, 1.807) is 22.5 Å². The molecule has 1 saturated heterocycles. The van der Waals surface area contributed by atoms with Crippen LogP contribution in [0.2, 0.25) is 0 Å². The van der Waals surface area contributed by atoms with Crippen LogP contribution >= 0.6 is 0 Å². The highest BCUT2D eigenvalue weighted by molar-refractivity contribution is 7.89. The summed E-state index contributed by atoms with van der Waals surface area (Å²) in [5.41, 5.74) is 9.74. The van der Waals surface area contributed by atoms with E-state index >= 15 is 0 Å². The number of aromatic nitrogens is 5. The van der Waals surface area contributed by atoms with E-state index in [1.807, 2.05) is 29.1 Å². The molecule has 40 heavy (non-hydrogen) atoms. The minimum absolute atomic E-state index is 0.153. The number of nitrogens with one attached hydrogen (secondary N) is 1. The van der Waals surface area contributed by atoms with Crippen molar-refractivity contribution in [1.82, 2.24) is 29.0 Å². The largest absolute Gasteiger partial charge is 0.497 e. The summed E-state index contributed by atoms with van der Waals surface area (Å²) in [6.45, 7) is 1.53. The number of benzene rings is 2. The van der Waals surface area contributed by atoms with Gasteiger partial charge in [-0.05, 0) is 55.5 Å². The summed E-state index contributed by atoms with van der Waals surface area (Å²) >= 11 is 0. The Morgan fingerprint density at radius 3 is 2.65 bits per heavy atom. The molecule has 208 valence electrons. The van der Waals surface area contributed by atoms with Crippen LogP contribution in [0.3, 0.4) is 0 Å². The van der Waals surface area contributed by atoms with Crippen LogP contribution in [0, 0.1) is 5.92 Å². The number of fused-ring (bicyclic) bond motifs is 2. The number of hydrogen-bond acceptors (Lipinski definition) is 8. The zero-order valence-corrected chi connectivity index (χ0v) is 23.2. The van der Waals surface area contributed by atoms with Crippen LogP contribution in [-0.4, -0.2) is 64.8 Å². The van der Waals surface area contributed by atoms with E-state index in [4.69, 9.17) is 20.3 Å². The quantitative estimate of drug-likeness (QED) is 0.289. The van der Waals surface area contributed by atoms with Gasteiger partial charge in [0, 0.05) is 48.4 Å². The van der Waals surface area contributed by atoms with Gasteiger partial charge in [-0.15, -0.1) is 0 Å². The van der Waals surface area contributed by atoms with Crippen LogP contribution in [0.5, 0.6) is 11.5 Å². The van der Waals surface area contributed by atoms with Gasteiger partial charge in [0.15, 0.2) is 5.65 Å². The Bertz CT molecular complexity index is 1790. The molecule has 0 atom stereocenters. The van der Waals surface area contributed by atoms with E-state index < -0.39 is 10.0 Å². The molecule has 6 rings (SSSR count). The number of nitrogen functional groups attached to an aromatic ring is 1. The number of ether oxygens (including phenoxy) is 2. The van der Waals surface area contributed by atoms with E-state index in [1.165, 1.54) is 20.5 Å². The predicted molar refractivity (Wildman–Crippen MR) is 153 cm³/mol. The Labute approximate surface area is 232 Å². The summed E-state index contributed by atoms with van der Waals surface area (Å²) in [4.78, 5) is 12.1. The fraction of sp³-hybridized carbons (Fsp3) is 0.321. The first-order valence-corrected chi connectivity index (χ1v) is 14.6. The molecule has 0 bridgehead atoms. The van der Waals surface area contributed by atoms with Crippen LogP contribution in [-0.2, 0) is 16.6 Å². The van der Waals surface area contributed by atoms with Crippen molar-refractivity contribution in [3.8, 4) is 22.8 Å². The Morgan fingerprint density at radius 2 is 1.88 bits per heavy atom. The summed E-state index contributed by atoms with van der Waals surface area (Å²) in [6, 6.07) is 12.9. The summed E-state index contributed by atoms with van der Waals surface area (Å²) in [5, 5.41) is 6.75. The molecule has 0 radical (unpaired) electrons. The van der Waals surface area contributed by atoms with Gasteiger partial charge in [0.1, 0.15) is 34.2 Å². The molecule has 0 aliphatic carbocycles. The molecule has 3 aromatic heterocycles. The smallest absolute Gasteiger partial charge is 0.246 e. The van der Waals surface area contributed by atoms with Crippen molar-refractivity contribution in [1.29, 1.82) is 0 Å². The SMILES string of the molecule is COc1ccc(S(=O)(=O)N2CCC(CCn3nc(-c4ccc5[nH]ccc5c4)c4c(N)ncnc43)CC2)c(OC)c1. The van der Waals surface area contributed by atoms with E-state index in [0.717, 1.165) is 46.8 Å². The Kier molecular flexibility index (Phi) is 6.80. The first kappa shape index (κ1) is 26.1. The normalized spacial score (nSPS) is 15.2. The number of aromatic amines is 1. The molecule has 4 heterocycles. The maximum atomic E-state index is 13.4. The Morgan fingerprint density at radius 1 is 1.05 bits per heavy atom. The van der Waals surface area contributed by atoms with Crippen LogP contribution in [0.15, 0.2) is 59.9 Å². The lowest BCUT2D eigenvalue weighted by Gasteiger charge is -2.31. The van der Waals surface area contributed by atoms with Crippen molar-refractivity contribution >= 4 is 37.8 Å². The molecule has 1 aliphatic rings. The van der Waals surface area contributed by atoms with E-state index in [0.29, 0.717) is 42.8 Å². The van der Waals surface area contributed by atoms with E-state index in [-0.39, 0.29) is 10.6 Å². The van der Waals surface area contributed by atoms with Crippen molar-refractivity contribution in [2.75, 3.05) is 33.0 Å². The van der Waals surface area contributed by atoms with Crippen LogP contribution < -0.4 is 15.2 Å². The highest BCUT2D eigenvalue weighted by Crippen LogP contribution is 2.35. The van der Waals surface area contributed by atoms with Crippen molar-refractivity contribution in [2.24, 2.45) is 5.92 Å². The fourth-order valence-corrected chi connectivity index (χ4v) is 7.07. The molecule has 0 spiro atoms. The standard InChI is InChI=1S/C28H31N7O4S/c1-38-21-4-6-24(23(16-21)39-2)40(36,37)34-12-8-18(9-13-34)10-14-35-28-25(27(29)31-17-32-28)26(33-35)20-3-5-22-19(15-20)7-11-30-22/h3-7,11,15-18,30H,8-10,12-14H2,1-2H3,(H2,29,31,32). The molecule has 0 unspecified atom stereocenters. The topological polar surface area (TPSA) is 141 Å². The Balaban J connectivity index is 1.17. The highest BCUT2D eigenvalue weighted by atomic mass is 32.2. The third-order valence-electron chi connectivity index (χ3n) is 7.70. The third kappa shape index (κ3) is 4.62. The van der Waals surface area contributed by atoms with Crippen molar-refractivity contribution in [3.63, 3.8) is 0 Å². The number of aryl methyl sites for hydroxylation is 1. The highest BCUT2D eigenvalue weighted by Gasteiger charge is 2.32. The van der Waals surface area contributed by atoms with Gasteiger partial charge in [0.05, 0.1) is 19.6 Å². The number of piperidine rings is 1. The second-order valence-electron chi connectivity index (χ2n) is 9.96.